The van der Waals surface area contributed by atoms with E-state index in [1.807, 2.05) is 0 Å². The van der Waals surface area contributed by atoms with Crippen LogP contribution in [0.2, 0.25) is 0 Å². The van der Waals surface area contributed by atoms with Gasteiger partial charge in [-0.1, -0.05) is 27.2 Å². The summed E-state index contributed by atoms with van der Waals surface area (Å²) in [6.45, 7) is 8.43. The van der Waals surface area contributed by atoms with E-state index >= 15 is 0 Å². The van der Waals surface area contributed by atoms with E-state index in [1.54, 1.807) is 0 Å². The number of rotatable bonds is 6. The molecule has 0 aromatic heterocycles. The zero-order chi connectivity index (χ0) is 12.7. The minimum absolute atomic E-state index is 0.105. The number of nitrogens with one attached hydrogen (secondary N) is 2. The van der Waals surface area contributed by atoms with E-state index in [-0.39, 0.29) is 5.41 Å². The smallest absolute Gasteiger partial charge is 0.226 e. The van der Waals surface area contributed by atoms with Crippen LogP contribution in [0.3, 0.4) is 0 Å². The highest BCUT2D eigenvalue weighted by molar-refractivity contribution is 5.83. The molecule has 3 heteroatoms. The number of carbonyl (C=O) groups is 1. The molecule has 1 fully saturated rings. The molecule has 0 saturated carbocycles. The van der Waals surface area contributed by atoms with Gasteiger partial charge >= 0.3 is 0 Å². The van der Waals surface area contributed by atoms with Gasteiger partial charge in [-0.15, -0.1) is 0 Å². The van der Waals surface area contributed by atoms with Crippen LogP contribution >= 0.6 is 0 Å². The fourth-order valence-electron chi connectivity index (χ4n) is 2.71. The van der Waals surface area contributed by atoms with Crippen LogP contribution in [-0.2, 0) is 4.79 Å². The van der Waals surface area contributed by atoms with E-state index < -0.39 is 0 Å². The minimum Gasteiger partial charge on any atom is -0.353 e. The molecule has 1 saturated heterocycles. The van der Waals surface area contributed by atoms with Crippen molar-refractivity contribution in [2.45, 2.75) is 65.3 Å². The lowest BCUT2D eigenvalue weighted by molar-refractivity contribution is -0.133. The van der Waals surface area contributed by atoms with Gasteiger partial charge < -0.3 is 10.6 Å². The van der Waals surface area contributed by atoms with Crippen molar-refractivity contribution < 1.29 is 4.79 Å². The van der Waals surface area contributed by atoms with Crippen molar-refractivity contribution in [3.8, 4) is 0 Å². The highest BCUT2D eigenvalue weighted by atomic mass is 16.2. The van der Waals surface area contributed by atoms with Crippen molar-refractivity contribution in [2.75, 3.05) is 13.1 Å². The molecule has 1 heterocycles. The van der Waals surface area contributed by atoms with Crippen LogP contribution in [-0.4, -0.2) is 25.0 Å². The van der Waals surface area contributed by atoms with Gasteiger partial charge in [-0.05, 0) is 45.2 Å². The van der Waals surface area contributed by atoms with E-state index in [9.17, 15) is 4.79 Å². The van der Waals surface area contributed by atoms with Crippen LogP contribution in [0.1, 0.15) is 59.3 Å². The second-order valence-electron chi connectivity index (χ2n) is 5.25. The van der Waals surface area contributed by atoms with Gasteiger partial charge in [0.15, 0.2) is 0 Å². The maximum Gasteiger partial charge on any atom is 0.226 e. The largest absolute Gasteiger partial charge is 0.353 e. The highest BCUT2D eigenvalue weighted by Gasteiger charge is 2.38. The Hall–Kier alpha value is -0.570. The molecular formula is C14H28N2O. The molecule has 2 N–H and O–H groups in total. The van der Waals surface area contributed by atoms with Gasteiger partial charge in [0.05, 0.1) is 5.41 Å². The van der Waals surface area contributed by atoms with E-state index in [1.165, 1.54) is 0 Å². The molecule has 0 spiro atoms. The molecule has 0 radical (unpaired) electrons. The first kappa shape index (κ1) is 14.5. The second kappa shape index (κ2) is 7.00. The third-order valence-corrected chi connectivity index (χ3v) is 4.18. The molecule has 1 atom stereocenters. The summed E-state index contributed by atoms with van der Waals surface area (Å²) in [5, 5.41) is 6.60. The van der Waals surface area contributed by atoms with Crippen LogP contribution in [0.4, 0.5) is 0 Å². The van der Waals surface area contributed by atoms with Crippen LogP contribution in [0.15, 0.2) is 0 Å². The summed E-state index contributed by atoms with van der Waals surface area (Å²) in [6, 6.07) is 0.366. The molecule has 100 valence electrons. The van der Waals surface area contributed by atoms with Gasteiger partial charge in [-0.2, -0.15) is 0 Å². The van der Waals surface area contributed by atoms with E-state index in [0.717, 1.165) is 51.6 Å². The Bertz CT molecular complexity index is 234. The summed E-state index contributed by atoms with van der Waals surface area (Å²) in [7, 11) is 0. The molecule has 1 unspecified atom stereocenters. The average molecular weight is 240 g/mol. The van der Waals surface area contributed by atoms with Gasteiger partial charge in [0.1, 0.15) is 0 Å². The second-order valence-corrected chi connectivity index (χ2v) is 5.25. The SMILES string of the molecule is CCCC(CC)NC(=O)C1(CC)CCNCC1. The molecule has 0 aromatic rings. The number of hydrogen-bond acceptors (Lipinski definition) is 2. The fourth-order valence-corrected chi connectivity index (χ4v) is 2.71. The molecule has 0 bridgehead atoms. The molecule has 1 amide bonds. The molecule has 0 aliphatic carbocycles. The maximum absolute atomic E-state index is 12.5. The molecule has 1 aliphatic rings. The van der Waals surface area contributed by atoms with Gasteiger partial charge in [0, 0.05) is 6.04 Å². The van der Waals surface area contributed by atoms with Crippen LogP contribution in [0.25, 0.3) is 0 Å². The van der Waals surface area contributed by atoms with Crippen molar-refractivity contribution >= 4 is 5.91 Å². The van der Waals surface area contributed by atoms with Crippen LogP contribution in [0, 0.1) is 5.41 Å². The van der Waals surface area contributed by atoms with Crippen LogP contribution in [0.5, 0.6) is 0 Å². The van der Waals surface area contributed by atoms with Crippen molar-refractivity contribution in [3.63, 3.8) is 0 Å². The van der Waals surface area contributed by atoms with E-state index in [0.29, 0.717) is 11.9 Å². The van der Waals surface area contributed by atoms with Crippen molar-refractivity contribution in [1.82, 2.24) is 10.6 Å². The lowest BCUT2D eigenvalue weighted by Gasteiger charge is -2.36. The molecule has 3 nitrogen and oxygen atoms in total. The summed E-state index contributed by atoms with van der Waals surface area (Å²) < 4.78 is 0. The third kappa shape index (κ3) is 3.70. The number of amides is 1. The Morgan fingerprint density at radius 2 is 1.94 bits per heavy atom. The Morgan fingerprint density at radius 3 is 2.41 bits per heavy atom. The minimum atomic E-state index is -0.105. The summed E-state index contributed by atoms with van der Waals surface area (Å²) in [4.78, 5) is 12.5. The number of hydrogen-bond donors (Lipinski definition) is 2. The quantitative estimate of drug-likeness (QED) is 0.749. The first-order chi connectivity index (χ1) is 8.18. The third-order valence-electron chi connectivity index (χ3n) is 4.18. The number of carbonyl (C=O) groups excluding carboxylic acids is 1. The number of piperidine rings is 1. The summed E-state index contributed by atoms with van der Waals surface area (Å²) in [5.41, 5.74) is -0.105. The topological polar surface area (TPSA) is 41.1 Å². The van der Waals surface area contributed by atoms with E-state index in [2.05, 4.69) is 31.4 Å². The Balaban J connectivity index is 2.58. The lowest BCUT2D eigenvalue weighted by Crippen LogP contribution is -2.49. The first-order valence-corrected chi connectivity index (χ1v) is 7.20. The van der Waals surface area contributed by atoms with Gasteiger partial charge in [-0.25, -0.2) is 0 Å². The van der Waals surface area contributed by atoms with E-state index in [4.69, 9.17) is 0 Å². The zero-order valence-corrected chi connectivity index (χ0v) is 11.6. The van der Waals surface area contributed by atoms with Crippen molar-refractivity contribution in [2.24, 2.45) is 5.41 Å². The predicted octanol–water partition coefficient (Wildman–Crippen LogP) is 2.46. The van der Waals surface area contributed by atoms with Gasteiger partial charge in [0.2, 0.25) is 5.91 Å². The van der Waals surface area contributed by atoms with Gasteiger partial charge in [-0.3, -0.25) is 4.79 Å². The Morgan fingerprint density at radius 1 is 1.29 bits per heavy atom. The first-order valence-electron chi connectivity index (χ1n) is 7.20. The summed E-state index contributed by atoms with van der Waals surface area (Å²) >= 11 is 0. The molecule has 0 aromatic carbocycles. The summed E-state index contributed by atoms with van der Waals surface area (Å²) in [6.07, 6.45) is 6.20. The van der Waals surface area contributed by atoms with Crippen LogP contribution < -0.4 is 10.6 Å². The maximum atomic E-state index is 12.5. The van der Waals surface area contributed by atoms with Crippen molar-refractivity contribution in [1.29, 1.82) is 0 Å². The average Bonchev–Trinajstić information content (AvgIpc) is 2.38. The monoisotopic (exact) mass is 240 g/mol. The zero-order valence-electron chi connectivity index (χ0n) is 11.6. The fraction of sp³-hybridized carbons (Fsp3) is 0.929. The Kier molecular flexibility index (Phi) is 5.96. The Labute approximate surface area is 106 Å². The molecule has 1 aliphatic heterocycles. The molecular weight excluding hydrogens is 212 g/mol. The normalized spacial score (nSPS) is 20.9. The standard InChI is InChI=1S/C14H28N2O/c1-4-7-12(5-2)16-13(17)14(6-3)8-10-15-11-9-14/h12,15H,4-11H2,1-3H3,(H,16,17). The molecule has 17 heavy (non-hydrogen) atoms. The summed E-state index contributed by atoms with van der Waals surface area (Å²) in [5.74, 6) is 0.293. The highest BCUT2D eigenvalue weighted by Crippen LogP contribution is 2.32. The predicted molar refractivity (Wildman–Crippen MR) is 72.0 cm³/mol. The van der Waals surface area contributed by atoms with Gasteiger partial charge in [0.25, 0.3) is 0 Å². The lowest BCUT2D eigenvalue weighted by atomic mass is 9.75. The van der Waals surface area contributed by atoms with Crippen molar-refractivity contribution in [3.05, 3.63) is 0 Å². The molecule has 1 rings (SSSR count).